The van der Waals surface area contributed by atoms with Crippen molar-refractivity contribution in [3.8, 4) is 0 Å². The maximum absolute atomic E-state index is 4.15. The summed E-state index contributed by atoms with van der Waals surface area (Å²) in [6.07, 6.45) is 5.09. The summed E-state index contributed by atoms with van der Waals surface area (Å²) >= 11 is 3.45. The Balaban J connectivity index is 2.50. The molecule has 3 nitrogen and oxygen atoms in total. The van der Waals surface area contributed by atoms with Gasteiger partial charge in [-0.1, -0.05) is 22.9 Å². The Labute approximate surface area is 87.1 Å². The van der Waals surface area contributed by atoms with Crippen molar-refractivity contribution in [1.82, 2.24) is 9.97 Å². The molecule has 1 aromatic heterocycles. The first-order valence-corrected chi connectivity index (χ1v) is 5.44. The number of anilines is 1. The van der Waals surface area contributed by atoms with E-state index in [4.69, 9.17) is 0 Å². The lowest BCUT2D eigenvalue weighted by atomic mass is 10.1. The fourth-order valence-electron chi connectivity index (χ4n) is 0.883. The molecule has 13 heavy (non-hydrogen) atoms. The summed E-state index contributed by atoms with van der Waals surface area (Å²) in [5, 5.41) is 4.28. The van der Waals surface area contributed by atoms with Gasteiger partial charge in [-0.05, 0) is 12.8 Å². The van der Waals surface area contributed by atoms with Crippen molar-refractivity contribution in [1.29, 1.82) is 0 Å². The fourth-order valence-corrected chi connectivity index (χ4v) is 1.44. The second-order valence-corrected chi connectivity index (χ2v) is 3.80. The van der Waals surface area contributed by atoms with Gasteiger partial charge in [0.2, 0.25) is 0 Å². The highest BCUT2D eigenvalue weighted by Gasteiger charge is 2.10. The van der Waals surface area contributed by atoms with Crippen LogP contribution in [0.25, 0.3) is 0 Å². The standard InChI is InChI=1S/C9H14BrN3/c1-7(5-10)8(2)13-9-6-11-3-4-12-9/h3-4,6-8H,5H2,1-2H3,(H,12,13). The van der Waals surface area contributed by atoms with E-state index in [9.17, 15) is 0 Å². The highest BCUT2D eigenvalue weighted by Crippen LogP contribution is 2.10. The number of hydrogen-bond acceptors (Lipinski definition) is 3. The zero-order valence-electron chi connectivity index (χ0n) is 7.87. The van der Waals surface area contributed by atoms with E-state index < -0.39 is 0 Å². The van der Waals surface area contributed by atoms with Crippen molar-refractivity contribution in [2.24, 2.45) is 5.92 Å². The van der Waals surface area contributed by atoms with Crippen LogP contribution in [0.1, 0.15) is 13.8 Å². The van der Waals surface area contributed by atoms with Crippen LogP contribution in [0.4, 0.5) is 5.82 Å². The van der Waals surface area contributed by atoms with Gasteiger partial charge < -0.3 is 5.32 Å². The number of rotatable bonds is 4. The Morgan fingerprint density at radius 3 is 2.77 bits per heavy atom. The Morgan fingerprint density at radius 2 is 2.23 bits per heavy atom. The highest BCUT2D eigenvalue weighted by molar-refractivity contribution is 9.09. The van der Waals surface area contributed by atoms with Crippen molar-refractivity contribution in [2.75, 3.05) is 10.6 Å². The first-order chi connectivity index (χ1) is 6.24. The Morgan fingerprint density at radius 1 is 1.46 bits per heavy atom. The molecular weight excluding hydrogens is 230 g/mol. The number of hydrogen-bond donors (Lipinski definition) is 1. The van der Waals surface area contributed by atoms with Crippen molar-refractivity contribution in [3.05, 3.63) is 18.6 Å². The Bertz CT molecular complexity index is 240. The lowest BCUT2D eigenvalue weighted by Gasteiger charge is -2.19. The van der Waals surface area contributed by atoms with Crippen molar-refractivity contribution < 1.29 is 0 Å². The van der Waals surface area contributed by atoms with Crippen LogP contribution in [-0.2, 0) is 0 Å². The summed E-state index contributed by atoms with van der Waals surface area (Å²) in [5.74, 6) is 1.41. The average molecular weight is 244 g/mol. The molecule has 0 fully saturated rings. The SMILES string of the molecule is CC(CBr)C(C)Nc1cnccn1. The molecule has 0 spiro atoms. The topological polar surface area (TPSA) is 37.8 Å². The number of nitrogens with zero attached hydrogens (tertiary/aromatic N) is 2. The number of aromatic nitrogens is 2. The minimum Gasteiger partial charge on any atom is -0.366 e. The summed E-state index contributed by atoms with van der Waals surface area (Å²) in [6.45, 7) is 4.32. The van der Waals surface area contributed by atoms with Crippen LogP contribution in [0.2, 0.25) is 0 Å². The summed E-state index contributed by atoms with van der Waals surface area (Å²) in [7, 11) is 0. The zero-order chi connectivity index (χ0) is 9.68. The van der Waals surface area contributed by atoms with Crippen LogP contribution in [0.5, 0.6) is 0 Å². The number of nitrogens with one attached hydrogen (secondary N) is 1. The second kappa shape index (κ2) is 5.17. The van der Waals surface area contributed by atoms with E-state index in [2.05, 4.69) is 45.1 Å². The molecule has 0 bridgehead atoms. The van der Waals surface area contributed by atoms with Gasteiger partial charge >= 0.3 is 0 Å². The van der Waals surface area contributed by atoms with Crippen LogP contribution < -0.4 is 5.32 Å². The monoisotopic (exact) mass is 243 g/mol. The van der Waals surface area contributed by atoms with Crippen molar-refractivity contribution >= 4 is 21.7 Å². The molecule has 0 saturated carbocycles. The van der Waals surface area contributed by atoms with E-state index in [0.29, 0.717) is 12.0 Å². The molecule has 1 aromatic rings. The van der Waals surface area contributed by atoms with E-state index in [1.165, 1.54) is 0 Å². The first kappa shape index (κ1) is 10.4. The maximum Gasteiger partial charge on any atom is 0.144 e. The Kier molecular flexibility index (Phi) is 4.15. The predicted molar refractivity (Wildman–Crippen MR) is 58.1 cm³/mol. The van der Waals surface area contributed by atoms with Gasteiger partial charge in [-0.15, -0.1) is 0 Å². The van der Waals surface area contributed by atoms with Crippen LogP contribution in [0.15, 0.2) is 18.6 Å². The summed E-state index contributed by atoms with van der Waals surface area (Å²) in [5.41, 5.74) is 0. The fraction of sp³-hybridized carbons (Fsp3) is 0.556. The average Bonchev–Trinajstić information content (AvgIpc) is 2.18. The summed E-state index contributed by atoms with van der Waals surface area (Å²) in [6, 6.07) is 0.399. The van der Waals surface area contributed by atoms with Crippen LogP contribution >= 0.6 is 15.9 Å². The molecular formula is C9H14BrN3. The van der Waals surface area contributed by atoms with E-state index in [1.807, 2.05) is 0 Å². The van der Waals surface area contributed by atoms with Gasteiger partial charge in [-0.3, -0.25) is 4.98 Å². The van der Waals surface area contributed by atoms with Gasteiger partial charge in [0.15, 0.2) is 0 Å². The zero-order valence-corrected chi connectivity index (χ0v) is 9.45. The van der Waals surface area contributed by atoms with E-state index in [0.717, 1.165) is 11.1 Å². The van der Waals surface area contributed by atoms with Crippen LogP contribution in [-0.4, -0.2) is 21.3 Å². The molecule has 0 aliphatic rings. The van der Waals surface area contributed by atoms with Gasteiger partial charge in [-0.2, -0.15) is 0 Å². The lowest BCUT2D eigenvalue weighted by Crippen LogP contribution is -2.25. The smallest absolute Gasteiger partial charge is 0.144 e. The van der Waals surface area contributed by atoms with Gasteiger partial charge in [0, 0.05) is 23.8 Å². The van der Waals surface area contributed by atoms with E-state index >= 15 is 0 Å². The van der Waals surface area contributed by atoms with Gasteiger partial charge in [0.25, 0.3) is 0 Å². The molecule has 1 N–H and O–H groups in total. The third-order valence-corrected chi connectivity index (χ3v) is 3.06. The highest BCUT2D eigenvalue weighted by atomic mass is 79.9. The normalized spacial score (nSPS) is 15.0. The molecule has 2 unspecified atom stereocenters. The van der Waals surface area contributed by atoms with Gasteiger partial charge in [0.1, 0.15) is 5.82 Å². The second-order valence-electron chi connectivity index (χ2n) is 3.16. The minimum absolute atomic E-state index is 0.399. The molecule has 0 radical (unpaired) electrons. The van der Waals surface area contributed by atoms with Gasteiger partial charge in [0.05, 0.1) is 6.20 Å². The minimum atomic E-state index is 0.399. The molecule has 0 aliphatic carbocycles. The largest absolute Gasteiger partial charge is 0.366 e. The quantitative estimate of drug-likeness (QED) is 0.826. The third kappa shape index (κ3) is 3.30. The summed E-state index contributed by atoms with van der Waals surface area (Å²) in [4.78, 5) is 8.13. The molecule has 1 rings (SSSR count). The van der Waals surface area contributed by atoms with Crippen LogP contribution in [0.3, 0.4) is 0 Å². The van der Waals surface area contributed by atoms with Gasteiger partial charge in [-0.25, -0.2) is 4.98 Å². The predicted octanol–water partition coefficient (Wildman–Crippen LogP) is 2.31. The molecule has 4 heteroatoms. The number of halogens is 1. The summed E-state index contributed by atoms with van der Waals surface area (Å²) < 4.78 is 0. The maximum atomic E-state index is 4.15. The van der Waals surface area contributed by atoms with E-state index in [-0.39, 0.29) is 0 Å². The number of alkyl halides is 1. The first-order valence-electron chi connectivity index (χ1n) is 4.32. The molecule has 0 saturated heterocycles. The molecule has 0 aliphatic heterocycles. The van der Waals surface area contributed by atoms with Crippen molar-refractivity contribution in [2.45, 2.75) is 19.9 Å². The Hall–Kier alpha value is -0.640. The molecule has 1 heterocycles. The van der Waals surface area contributed by atoms with E-state index in [1.54, 1.807) is 18.6 Å². The van der Waals surface area contributed by atoms with Crippen LogP contribution in [0, 0.1) is 5.92 Å². The molecule has 72 valence electrons. The lowest BCUT2D eigenvalue weighted by molar-refractivity contribution is 0.570. The molecule has 0 aromatic carbocycles. The molecule has 0 amide bonds. The van der Waals surface area contributed by atoms with Crippen molar-refractivity contribution in [3.63, 3.8) is 0 Å². The molecule has 2 atom stereocenters. The third-order valence-electron chi connectivity index (χ3n) is 2.04.